The molecule has 1 saturated carbocycles. The Kier molecular flexibility index (Phi) is 2.36. The summed E-state index contributed by atoms with van der Waals surface area (Å²) in [6.07, 6.45) is 1.39. The van der Waals surface area contributed by atoms with Crippen LogP contribution in [0.15, 0.2) is 24.3 Å². The lowest BCUT2D eigenvalue weighted by Gasteiger charge is -2.00. The monoisotopic (exact) mass is 192 g/mol. The summed E-state index contributed by atoms with van der Waals surface area (Å²) in [4.78, 5) is 11.3. The van der Waals surface area contributed by atoms with Crippen LogP contribution in [0.2, 0.25) is 0 Å². The molecular formula is C12H13FO. The second-order valence-electron chi connectivity index (χ2n) is 3.79. The van der Waals surface area contributed by atoms with E-state index >= 15 is 0 Å². The summed E-state index contributed by atoms with van der Waals surface area (Å²) in [5.74, 6) is 0.308. The fourth-order valence-corrected chi connectivity index (χ4v) is 1.93. The van der Waals surface area contributed by atoms with Gasteiger partial charge in [-0.3, -0.25) is 4.79 Å². The van der Waals surface area contributed by atoms with Gasteiger partial charge in [-0.15, -0.1) is 0 Å². The molecule has 0 aromatic heterocycles. The topological polar surface area (TPSA) is 17.1 Å². The molecule has 2 heteroatoms. The lowest BCUT2D eigenvalue weighted by atomic mass is 10.1. The molecule has 1 aromatic rings. The second-order valence-corrected chi connectivity index (χ2v) is 3.79. The summed E-state index contributed by atoms with van der Waals surface area (Å²) in [6.45, 7) is 1.86. The Hall–Kier alpha value is -1.18. The van der Waals surface area contributed by atoms with Crippen molar-refractivity contribution in [2.24, 2.45) is 5.92 Å². The molecule has 1 fully saturated rings. The number of carbonyl (C=O) groups is 1. The van der Waals surface area contributed by atoms with Crippen molar-refractivity contribution in [1.82, 2.24) is 0 Å². The maximum absolute atomic E-state index is 13.3. The lowest BCUT2D eigenvalue weighted by molar-refractivity contribution is -0.120. The Bertz CT molecular complexity index is 359. The van der Waals surface area contributed by atoms with E-state index in [0.717, 1.165) is 6.42 Å². The zero-order valence-corrected chi connectivity index (χ0v) is 8.16. The van der Waals surface area contributed by atoms with Crippen molar-refractivity contribution in [3.63, 3.8) is 0 Å². The molecule has 0 spiro atoms. The van der Waals surface area contributed by atoms with E-state index < -0.39 is 0 Å². The van der Waals surface area contributed by atoms with E-state index in [9.17, 15) is 9.18 Å². The lowest BCUT2D eigenvalue weighted by Crippen LogP contribution is -2.00. The number of benzene rings is 1. The summed E-state index contributed by atoms with van der Waals surface area (Å²) in [5.41, 5.74) is 0.708. The van der Waals surface area contributed by atoms with Crippen LogP contribution in [0.5, 0.6) is 0 Å². The van der Waals surface area contributed by atoms with Gasteiger partial charge in [0.2, 0.25) is 0 Å². The maximum Gasteiger partial charge on any atom is 0.136 e. The van der Waals surface area contributed by atoms with Gasteiger partial charge in [0.15, 0.2) is 0 Å². The molecule has 2 rings (SSSR count). The van der Waals surface area contributed by atoms with Gasteiger partial charge in [0.1, 0.15) is 11.6 Å². The fourth-order valence-electron chi connectivity index (χ4n) is 1.93. The minimum absolute atomic E-state index is 0.0805. The number of carbonyl (C=O) groups excluding carboxylic acids is 1. The summed E-state index contributed by atoms with van der Waals surface area (Å²) >= 11 is 0. The van der Waals surface area contributed by atoms with E-state index in [1.54, 1.807) is 12.1 Å². The van der Waals surface area contributed by atoms with Gasteiger partial charge < -0.3 is 0 Å². The van der Waals surface area contributed by atoms with Gasteiger partial charge in [-0.05, 0) is 24.0 Å². The third-order valence-corrected chi connectivity index (χ3v) is 2.86. The van der Waals surface area contributed by atoms with E-state index in [1.807, 2.05) is 13.0 Å². The third-order valence-electron chi connectivity index (χ3n) is 2.86. The van der Waals surface area contributed by atoms with Crippen LogP contribution in [0.1, 0.15) is 31.2 Å². The number of hydrogen-bond donors (Lipinski definition) is 0. The van der Waals surface area contributed by atoms with Crippen LogP contribution in [0.3, 0.4) is 0 Å². The highest BCUT2D eigenvalue weighted by atomic mass is 19.1. The van der Waals surface area contributed by atoms with Crippen LogP contribution in [-0.2, 0) is 4.79 Å². The number of halogens is 1. The molecule has 1 nitrogen and oxygen atoms in total. The first-order valence-corrected chi connectivity index (χ1v) is 5.01. The Balaban J connectivity index is 2.13. The molecule has 0 saturated heterocycles. The molecule has 1 aliphatic rings. The molecule has 2 atom stereocenters. The normalized spacial score (nSPS) is 24.7. The Morgan fingerprint density at radius 1 is 1.50 bits per heavy atom. The van der Waals surface area contributed by atoms with Crippen LogP contribution in [0.25, 0.3) is 0 Å². The number of Topliss-reactive ketones (excluding diaryl/α,β-unsaturated/α-hetero) is 1. The van der Waals surface area contributed by atoms with E-state index in [-0.39, 0.29) is 23.4 Å². The Morgan fingerprint density at radius 2 is 2.21 bits per heavy atom. The van der Waals surface area contributed by atoms with Crippen molar-refractivity contribution in [2.45, 2.75) is 25.7 Å². The molecule has 74 valence electrons. The van der Waals surface area contributed by atoms with E-state index in [2.05, 4.69) is 0 Å². The van der Waals surface area contributed by atoms with Crippen molar-refractivity contribution in [3.05, 3.63) is 35.6 Å². The SMILES string of the molecule is CCC(=O)C1CC1c1ccccc1F. The zero-order chi connectivity index (χ0) is 10.1. The van der Waals surface area contributed by atoms with Crippen LogP contribution in [0, 0.1) is 11.7 Å². The van der Waals surface area contributed by atoms with Gasteiger partial charge in [-0.1, -0.05) is 25.1 Å². The predicted octanol–water partition coefficient (Wildman–Crippen LogP) is 2.91. The average Bonchev–Trinajstić information content (AvgIpc) is 2.97. The van der Waals surface area contributed by atoms with Crippen molar-refractivity contribution < 1.29 is 9.18 Å². The largest absolute Gasteiger partial charge is 0.299 e. The van der Waals surface area contributed by atoms with Gasteiger partial charge >= 0.3 is 0 Å². The number of hydrogen-bond acceptors (Lipinski definition) is 1. The standard InChI is InChI=1S/C12H13FO/c1-2-12(14)10-7-9(10)8-5-3-4-6-11(8)13/h3-6,9-10H,2,7H2,1H3. The van der Waals surface area contributed by atoms with E-state index in [1.165, 1.54) is 6.07 Å². The zero-order valence-electron chi connectivity index (χ0n) is 8.16. The molecule has 0 heterocycles. The average molecular weight is 192 g/mol. The molecule has 0 aliphatic heterocycles. The van der Waals surface area contributed by atoms with Crippen LogP contribution in [-0.4, -0.2) is 5.78 Å². The highest BCUT2D eigenvalue weighted by molar-refractivity contribution is 5.84. The van der Waals surface area contributed by atoms with Crippen LogP contribution < -0.4 is 0 Å². The Morgan fingerprint density at radius 3 is 2.86 bits per heavy atom. The first kappa shape index (κ1) is 9.38. The summed E-state index contributed by atoms with van der Waals surface area (Å²) in [5, 5.41) is 0. The minimum atomic E-state index is -0.177. The molecule has 1 aromatic carbocycles. The molecule has 0 bridgehead atoms. The number of rotatable bonds is 3. The van der Waals surface area contributed by atoms with Crippen LogP contribution in [0.4, 0.5) is 4.39 Å². The first-order valence-electron chi connectivity index (χ1n) is 5.01. The summed E-state index contributed by atoms with van der Waals surface area (Å²) in [6, 6.07) is 6.74. The quantitative estimate of drug-likeness (QED) is 0.719. The van der Waals surface area contributed by atoms with Crippen molar-refractivity contribution >= 4 is 5.78 Å². The van der Waals surface area contributed by atoms with Gasteiger partial charge in [0, 0.05) is 12.3 Å². The molecule has 0 N–H and O–H groups in total. The smallest absolute Gasteiger partial charge is 0.136 e. The highest BCUT2D eigenvalue weighted by Gasteiger charge is 2.43. The molecule has 1 aliphatic carbocycles. The third kappa shape index (κ3) is 1.57. The first-order chi connectivity index (χ1) is 6.74. The van der Waals surface area contributed by atoms with E-state index in [0.29, 0.717) is 12.0 Å². The maximum atomic E-state index is 13.3. The van der Waals surface area contributed by atoms with Crippen LogP contribution >= 0.6 is 0 Å². The van der Waals surface area contributed by atoms with Gasteiger partial charge in [0.25, 0.3) is 0 Å². The minimum Gasteiger partial charge on any atom is -0.299 e. The van der Waals surface area contributed by atoms with Crippen molar-refractivity contribution in [2.75, 3.05) is 0 Å². The van der Waals surface area contributed by atoms with Gasteiger partial charge in [0.05, 0.1) is 0 Å². The number of ketones is 1. The second kappa shape index (κ2) is 3.52. The van der Waals surface area contributed by atoms with Crippen molar-refractivity contribution in [3.8, 4) is 0 Å². The molecule has 14 heavy (non-hydrogen) atoms. The summed E-state index contributed by atoms with van der Waals surface area (Å²) < 4.78 is 13.3. The fraction of sp³-hybridized carbons (Fsp3) is 0.417. The highest BCUT2D eigenvalue weighted by Crippen LogP contribution is 2.49. The van der Waals surface area contributed by atoms with Gasteiger partial charge in [-0.2, -0.15) is 0 Å². The molecular weight excluding hydrogens is 179 g/mol. The molecule has 0 amide bonds. The van der Waals surface area contributed by atoms with Gasteiger partial charge in [-0.25, -0.2) is 4.39 Å². The molecule has 2 unspecified atom stereocenters. The van der Waals surface area contributed by atoms with Crippen molar-refractivity contribution in [1.29, 1.82) is 0 Å². The predicted molar refractivity (Wildman–Crippen MR) is 52.5 cm³/mol. The summed E-state index contributed by atoms with van der Waals surface area (Å²) in [7, 11) is 0. The van der Waals surface area contributed by atoms with E-state index in [4.69, 9.17) is 0 Å². The molecule has 0 radical (unpaired) electrons. The Labute approximate surface area is 82.9 Å².